The van der Waals surface area contributed by atoms with Gasteiger partial charge in [-0.25, -0.2) is 0 Å². The third-order valence-corrected chi connectivity index (χ3v) is 2.70. The predicted molar refractivity (Wildman–Crippen MR) is 43.7 cm³/mol. The number of fused-ring (bicyclic) bond motifs is 1. The van der Waals surface area contributed by atoms with E-state index in [1.165, 1.54) is 25.7 Å². The van der Waals surface area contributed by atoms with E-state index in [1.54, 1.807) is 0 Å². The Balaban J connectivity index is 2.09. The summed E-state index contributed by atoms with van der Waals surface area (Å²) in [5.41, 5.74) is 0. The second kappa shape index (κ2) is 2.61. The first-order valence-electron chi connectivity index (χ1n) is 4.32. The molecule has 0 aliphatic heterocycles. The Hall–Kier alpha value is -0.520. The molecule has 0 aromatic rings. The van der Waals surface area contributed by atoms with Crippen molar-refractivity contribution in [3.63, 3.8) is 0 Å². The van der Waals surface area contributed by atoms with Gasteiger partial charge in [-0.3, -0.25) is 0 Å². The van der Waals surface area contributed by atoms with E-state index < -0.39 is 0 Å². The number of hydrogen-bond donors (Lipinski definition) is 0. The van der Waals surface area contributed by atoms with Crippen LogP contribution < -0.4 is 0 Å². The SMILES string of the molecule is C1=CC2CCCCC2C=C1. The van der Waals surface area contributed by atoms with Gasteiger partial charge in [0.05, 0.1) is 0 Å². The Morgan fingerprint density at radius 2 is 1.30 bits per heavy atom. The Morgan fingerprint density at radius 3 is 1.80 bits per heavy atom. The van der Waals surface area contributed by atoms with Crippen LogP contribution in [0.15, 0.2) is 24.3 Å². The molecule has 0 spiro atoms. The van der Waals surface area contributed by atoms with Crippen molar-refractivity contribution in [1.82, 2.24) is 0 Å². The average molecular weight is 134 g/mol. The van der Waals surface area contributed by atoms with Crippen LogP contribution in [0.2, 0.25) is 0 Å². The lowest BCUT2D eigenvalue weighted by Crippen LogP contribution is -2.16. The van der Waals surface area contributed by atoms with Gasteiger partial charge in [-0.05, 0) is 24.7 Å². The van der Waals surface area contributed by atoms with Gasteiger partial charge in [-0.1, -0.05) is 37.1 Å². The summed E-state index contributed by atoms with van der Waals surface area (Å²) in [6, 6.07) is 0. The van der Waals surface area contributed by atoms with E-state index in [9.17, 15) is 0 Å². The summed E-state index contributed by atoms with van der Waals surface area (Å²) in [5.74, 6) is 1.78. The molecular formula is C10H14. The molecule has 2 atom stereocenters. The van der Waals surface area contributed by atoms with Gasteiger partial charge in [0.15, 0.2) is 0 Å². The highest BCUT2D eigenvalue weighted by Gasteiger charge is 2.21. The molecule has 2 aliphatic rings. The summed E-state index contributed by atoms with van der Waals surface area (Å²) < 4.78 is 0. The number of allylic oxidation sites excluding steroid dienone is 4. The number of hydrogen-bond acceptors (Lipinski definition) is 0. The van der Waals surface area contributed by atoms with Crippen LogP contribution in [0.1, 0.15) is 25.7 Å². The quantitative estimate of drug-likeness (QED) is 0.478. The van der Waals surface area contributed by atoms with Crippen LogP contribution in [0.5, 0.6) is 0 Å². The molecule has 0 saturated heterocycles. The fraction of sp³-hybridized carbons (Fsp3) is 0.600. The van der Waals surface area contributed by atoms with E-state index >= 15 is 0 Å². The molecule has 0 aromatic heterocycles. The van der Waals surface area contributed by atoms with Crippen molar-refractivity contribution in [3.05, 3.63) is 24.3 Å². The van der Waals surface area contributed by atoms with E-state index in [0.29, 0.717) is 0 Å². The molecule has 2 unspecified atom stereocenters. The van der Waals surface area contributed by atoms with Crippen molar-refractivity contribution in [3.8, 4) is 0 Å². The number of rotatable bonds is 0. The maximum Gasteiger partial charge on any atom is -0.0167 e. The topological polar surface area (TPSA) is 0 Å². The summed E-state index contributed by atoms with van der Waals surface area (Å²) in [4.78, 5) is 0. The van der Waals surface area contributed by atoms with Crippen LogP contribution in [-0.4, -0.2) is 0 Å². The molecule has 2 aliphatic carbocycles. The second-order valence-corrected chi connectivity index (χ2v) is 3.38. The first kappa shape index (κ1) is 6.21. The van der Waals surface area contributed by atoms with E-state index in [4.69, 9.17) is 0 Å². The zero-order chi connectivity index (χ0) is 6.81. The highest BCUT2D eigenvalue weighted by molar-refractivity contribution is 5.14. The largest absolute Gasteiger partial charge is 0.0808 e. The molecular weight excluding hydrogens is 120 g/mol. The van der Waals surface area contributed by atoms with Gasteiger partial charge < -0.3 is 0 Å². The third kappa shape index (κ3) is 1.03. The van der Waals surface area contributed by atoms with Crippen LogP contribution in [0.3, 0.4) is 0 Å². The van der Waals surface area contributed by atoms with Crippen LogP contribution in [0, 0.1) is 11.8 Å². The zero-order valence-corrected chi connectivity index (χ0v) is 6.29. The summed E-state index contributed by atoms with van der Waals surface area (Å²) >= 11 is 0. The van der Waals surface area contributed by atoms with Crippen LogP contribution in [0.4, 0.5) is 0 Å². The Labute approximate surface area is 62.6 Å². The maximum atomic E-state index is 2.38. The maximum absolute atomic E-state index is 2.38. The minimum absolute atomic E-state index is 0.888. The lowest BCUT2D eigenvalue weighted by atomic mass is 9.77. The highest BCUT2D eigenvalue weighted by Crippen LogP contribution is 2.33. The first-order chi connectivity index (χ1) is 4.97. The van der Waals surface area contributed by atoms with E-state index in [2.05, 4.69) is 24.3 Å². The lowest BCUT2D eigenvalue weighted by Gasteiger charge is -2.28. The van der Waals surface area contributed by atoms with Gasteiger partial charge >= 0.3 is 0 Å². The minimum atomic E-state index is 0.888. The van der Waals surface area contributed by atoms with Gasteiger partial charge in [0.2, 0.25) is 0 Å². The summed E-state index contributed by atoms with van der Waals surface area (Å²) in [6.07, 6.45) is 14.9. The smallest absolute Gasteiger partial charge is 0.0167 e. The van der Waals surface area contributed by atoms with Crippen LogP contribution in [0.25, 0.3) is 0 Å². The van der Waals surface area contributed by atoms with Crippen molar-refractivity contribution in [1.29, 1.82) is 0 Å². The fourth-order valence-corrected chi connectivity index (χ4v) is 2.08. The van der Waals surface area contributed by atoms with Gasteiger partial charge in [-0.15, -0.1) is 0 Å². The Bertz CT molecular complexity index is 145. The lowest BCUT2D eigenvalue weighted by molar-refractivity contribution is 0.335. The molecule has 0 aromatic carbocycles. The molecule has 10 heavy (non-hydrogen) atoms. The average Bonchev–Trinajstić information content (AvgIpc) is 2.05. The summed E-state index contributed by atoms with van der Waals surface area (Å²) in [5, 5.41) is 0. The Morgan fingerprint density at radius 1 is 0.800 bits per heavy atom. The van der Waals surface area contributed by atoms with E-state index in [1.807, 2.05) is 0 Å². The monoisotopic (exact) mass is 134 g/mol. The molecule has 0 heterocycles. The van der Waals surface area contributed by atoms with Crippen LogP contribution in [-0.2, 0) is 0 Å². The highest BCUT2D eigenvalue weighted by atomic mass is 14.3. The molecule has 1 fully saturated rings. The minimum Gasteiger partial charge on any atom is -0.0808 e. The standard InChI is InChI=1S/C10H14/c1-2-6-10-8-4-3-7-9(10)5-1/h1-2,5-6,9-10H,3-4,7-8H2. The third-order valence-electron chi connectivity index (χ3n) is 2.70. The molecule has 0 heteroatoms. The zero-order valence-electron chi connectivity index (χ0n) is 6.29. The molecule has 0 radical (unpaired) electrons. The van der Waals surface area contributed by atoms with Crippen molar-refractivity contribution in [2.24, 2.45) is 11.8 Å². The summed E-state index contributed by atoms with van der Waals surface area (Å²) in [6.45, 7) is 0. The molecule has 0 N–H and O–H groups in total. The summed E-state index contributed by atoms with van der Waals surface area (Å²) in [7, 11) is 0. The van der Waals surface area contributed by atoms with Crippen molar-refractivity contribution < 1.29 is 0 Å². The van der Waals surface area contributed by atoms with Gasteiger partial charge in [0.25, 0.3) is 0 Å². The fourth-order valence-electron chi connectivity index (χ4n) is 2.08. The van der Waals surface area contributed by atoms with Crippen molar-refractivity contribution >= 4 is 0 Å². The van der Waals surface area contributed by atoms with E-state index in [-0.39, 0.29) is 0 Å². The molecule has 0 amide bonds. The molecule has 2 rings (SSSR count). The van der Waals surface area contributed by atoms with Gasteiger partial charge in [0.1, 0.15) is 0 Å². The molecule has 0 nitrogen and oxygen atoms in total. The molecule has 54 valence electrons. The predicted octanol–water partition coefficient (Wildman–Crippen LogP) is 2.92. The first-order valence-corrected chi connectivity index (χ1v) is 4.32. The second-order valence-electron chi connectivity index (χ2n) is 3.38. The normalized spacial score (nSPS) is 37.6. The van der Waals surface area contributed by atoms with Crippen molar-refractivity contribution in [2.45, 2.75) is 25.7 Å². The van der Waals surface area contributed by atoms with Gasteiger partial charge in [0, 0.05) is 0 Å². The Kier molecular flexibility index (Phi) is 1.62. The molecule has 1 saturated carbocycles. The van der Waals surface area contributed by atoms with Gasteiger partial charge in [-0.2, -0.15) is 0 Å². The van der Waals surface area contributed by atoms with Crippen LogP contribution >= 0.6 is 0 Å². The molecule has 0 bridgehead atoms. The van der Waals surface area contributed by atoms with E-state index in [0.717, 1.165) is 11.8 Å². The van der Waals surface area contributed by atoms with Crippen molar-refractivity contribution in [2.75, 3.05) is 0 Å².